The topological polar surface area (TPSA) is 122 Å². The first-order chi connectivity index (χ1) is 10.1. The van der Waals surface area contributed by atoms with Crippen LogP contribution in [0.3, 0.4) is 0 Å². The smallest absolute Gasteiger partial charge is 0.371 e. The highest BCUT2D eigenvalue weighted by Gasteiger charge is 2.23. The lowest BCUT2D eigenvalue weighted by molar-refractivity contribution is 0.0656. The standard InChI is InChI=1S/C12H15N3O5S2/c1-12(2,3)11-15-14-8(21-11)6-13-22(18,19)9-5-4-7(20-9)10(16)17/h4-5,13H,6H2,1-3H3,(H,16,17). The number of nitrogens with one attached hydrogen (secondary N) is 1. The van der Waals surface area contributed by atoms with Crippen molar-refractivity contribution in [1.29, 1.82) is 0 Å². The highest BCUT2D eigenvalue weighted by Crippen LogP contribution is 2.25. The van der Waals surface area contributed by atoms with Gasteiger partial charge in [-0.15, -0.1) is 10.2 Å². The Morgan fingerprint density at radius 3 is 2.55 bits per heavy atom. The lowest BCUT2D eigenvalue weighted by Gasteiger charge is -2.12. The van der Waals surface area contributed by atoms with Gasteiger partial charge < -0.3 is 9.52 Å². The van der Waals surface area contributed by atoms with E-state index in [0.29, 0.717) is 5.01 Å². The van der Waals surface area contributed by atoms with Crippen molar-refractivity contribution in [3.05, 3.63) is 27.9 Å². The fraction of sp³-hybridized carbons (Fsp3) is 0.417. The van der Waals surface area contributed by atoms with Crippen LogP contribution in [0.4, 0.5) is 0 Å². The van der Waals surface area contributed by atoms with E-state index in [4.69, 9.17) is 9.52 Å². The maximum absolute atomic E-state index is 12.0. The first-order valence-electron chi connectivity index (χ1n) is 6.25. The Morgan fingerprint density at radius 1 is 1.36 bits per heavy atom. The van der Waals surface area contributed by atoms with Crippen LogP contribution in [0.5, 0.6) is 0 Å². The first-order valence-corrected chi connectivity index (χ1v) is 8.55. The first kappa shape index (κ1) is 16.6. The number of carboxylic acid groups (broad SMARTS) is 1. The zero-order valence-corrected chi connectivity index (χ0v) is 13.8. The van der Waals surface area contributed by atoms with Crippen LogP contribution in [0.1, 0.15) is 41.3 Å². The van der Waals surface area contributed by atoms with Gasteiger partial charge in [0.2, 0.25) is 10.9 Å². The number of hydrogen-bond acceptors (Lipinski definition) is 7. The molecule has 0 fully saturated rings. The summed E-state index contributed by atoms with van der Waals surface area (Å²) in [6.07, 6.45) is 0. The Morgan fingerprint density at radius 2 is 2.05 bits per heavy atom. The molecule has 8 nitrogen and oxygen atoms in total. The number of aromatic nitrogens is 2. The highest BCUT2D eigenvalue weighted by atomic mass is 32.2. The van der Waals surface area contributed by atoms with Crippen LogP contribution in [-0.2, 0) is 22.0 Å². The molecule has 2 aromatic heterocycles. The van der Waals surface area contributed by atoms with Crippen LogP contribution in [-0.4, -0.2) is 29.7 Å². The Hall–Kier alpha value is -1.78. The Bertz CT molecular complexity index is 786. The van der Waals surface area contributed by atoms with Crippen LogP contribution < -0.4 is 4.72 Å². The Labute approximate surface area is 131 Å². The lowest BCUT2D eigenvalue weighted by Crippen LogP contribution is -2.22. The SMILES string of the molecule is CC(C)(C)c1nnc(CNS(=O)(=O)c2ccc(C(=O)O)o2)s1. The van der Waals surface area contributed by atoms with Crippen molar-refractivity contribution in [2.75, 3.05) is 0 Å². The molecule has 0 saturated heterocycles. The van der Waals surface area contributed by atoms with E-state index in [1.54, 1.807) is 0 Å². The number of hydrogen-bond donors (Lipinski definition) is 2. The average Bonchev–Trinajstić information content (AvgIpc) is 3.05. The molecule has 0 atom stereocenters. The molecule has 22 heavy (non-hydrogen) atoms. The number of rotatable bonds is 5. The summed E-state index contributed by atoms with van der Waals surface area (Å²) in [5.74, 6) is -1.77. The molecular weight excluding hydrogens is 330 g/mol. The van der Waals surface area contributed by atoms with Gasteiger partial charge in [-0.25, -0.2) is 17.9 Å². The fourth-order valence-corrected chi connectivity index (χ4v) is 3.28. The van der Waals surface area contributed by atoms with Gasteiger partial charge in [0.1, 0.15) is 10.0 Å². The molecule has 2 heterocycles. The number of nitrogens with zero attached hydrogens (tertiary/aromatic N) is 2. The molecule has 0 spiro atoms. The van der Waals surface area contributed by atoms with Crippen molar-refractivity contribution < 1.29 is 22.7 Å². The molecule has 0 bridgehead atoms. The second-order valence-corrected chi connectivity index (χ2v) is 8.26. The minimum absolute atomic E-state index is 0.0425. The third-order valence-corrected chi connectivity index (χ3v) is 5.20. The van der Waals surface area contributed by atoms with Crippen molar-refractivity contribution >= 4 is 27.3 Å². The molecule has 10 heteroatoms. The van der Waals surface area contributed by atoms with Crippen molar-refractivity contribution in [2.24, 2.45) is 0 Å². The van der Waals surface area contributed by atoms with E-state index < -0.39 is 26.8 Å². The third kappa shape index (κ3) is 3.70. The quantitative estimate of drug-likeness (QED) is 0.844. The van der Waals surface area contributed by atoms with E-state index in [2.05, 4.69) is 14.9 Å². The molecule has 0 aliphatic heterocycles. The maximum atomic E-state index is 12.0. The Kier molecular flexibility index (Phi) is 4.36. The molecule has 2 rings (SSSR count). The predicted molar refractivity (Wildman–Crippen MR) is 78.3 cm³/mol. The van der Waals surface area contributed by atoms with Gasteiger partial charge in [0, 0.05) is 5.41 Å². The summed E-state index contributed by atoms with van der Waals surface area (Å²) in [5.41, 5.74) is -0.161. The van der Waals surface area contributed by atoms with Crippen LogP contribution in [0.15, 0.2) is 21.6 Å². The average molecular weight is 345 g/mol. The molecule has 0 amide bonds. The molecule has 0 aromatic carbocycles. The molecule has 0 aliphatic carbocycles. The fourth-order valence-electron chi connectivity index (χ4n) is 1.44. The van der Waals surface area contributed by atoms with Gasteiger partial charge >= 0.3 is 5.97 Å². The van der Waals surface area contributed by atoms with Crippen LogP contribution in [0.25, 0.3) is 0 Å². The molecule has 2 aromatic rings. The molecule has 0 aliphatic rings. The van der Waals surface area contributed by atoms with Crippen LogP contribution >= 0.6 is 11.3 Å². The van der Waals surface area contributed by atoms with Gasteiger partial charge in [0.15, 0.2) is 0 Å². The third-order valence-electron chi connectivity index (χ3n) is 2.58. The zero-order valence-electron chi connectivity index (χ0n) is 12.2. The van der Waals surface area contributed by atoms with Gasteiger partial charge in [-0.05, 0) is 12.1 Å². The van der Waals surface area contributed by atoms with Gasteiger partial charge in [-0.3, -0.25) is 0 Å². The summed E-state index contributed by atoms with van der Waals surface area (Å²) in [6, 6.07) is 2.17. The number of carboxylic acids is 1. The van der Waals surface area contributed by atoms with E-state index in [0.717, 1.165) is 17.1 Å². The van der Waals surface area contributed by atoms with Crippen LogP contribution in [0.2, 0.25) is 0 Å². The van der Waals surface area contributed by atoms with Crippen molar-refractivity contribution in [3.8, 4) is 0 Å². The number of furan rings is 1. The summed E-state index contributed by atoms with van der Waals surface area (Å²) in [4.78, 5) is 10.7. The number of aromatic carboxylic acids is 1. The summed E-state index contributed by atoms with van der Waals surface area (Å²) in [7, 11) is -3.94. The predicted octanol–water partition coefficient (Wildman–Crippen LogP) is 1.61. The minimum atomic E-state index is -3.94. The summed E-state index contributed by atoms with van der Waals surface area (Å²) in [6.45, 7) is 5.91. The van der Waals surface area contributed by atoms with Gasteiger partial charge in [0.05, 0.1) is 6.54 Å². The lowest BCUT2D eigenvalue weighted by atomic mass is 9.98. The van der Waals surface area contributed by atoms with Crippen molar-refractivity contribution in [3.63, 3.8) is 0 Å². The summed E-state index contributed by atoms with van der Waals surface area (Å²) >= 11 is 1.31. The molecule has 0 saturated carbocycles. The van der Waals surface area contributed by atoms with E-state index in [1.165, 1.54) is 11.3 Å². The minimum Gasteiger partial charge on any atom is -0.475 e. The van der Waals surface area contributed by atoms with Crippen molar-refractivity contribution in [2.45, 2.75) is 37.8 Å². The molecular formula is C12H15N3O5S2. The second-order valence-electron chi connectivity index (χ2n) is 5.50. The highest BCUT2D eigenvalue weighted by molar-refractivity contribution is 7.89. The number of sulfonamides is 1. The maximum Gasteiger partial charge on any atom is 0.371 e. The monoisotopic (exact) mass is 345 g/mol. The van der Waals surface area contributed by atoms with E-state index >= 15 is 0 Å². The number of carbonyl (C=O) groups is 1. The van der Waals surface area contributed by atoms with Crippen molar-refractivity contribution in [1.82, 2.24) is 14.9 Å². The Balaban J connectivity index is 2.09. The summed E-state index contributed by atoms with van der Waals surface area (Å²) in [5, 5.41) is 17.5. The van der Waals surface area contributed by atoms with Crippen LogP contribution in [0, 0.1) is 0 Å². The zero-order chi connectivity index (χ0) is 16.5. The molecule has 2 N–H and O–H groups in total. The van der Waals surface area contributed by atoms with E-state index in [-0.39, 0.29) is 12.0 Å². The molecule has 120 valence electrons. The van der Waals surface area contributed by atoms with Gasteiger partial charge in [-0.2, -0.15) is 0 Å². The normalized spacial score (nSPS) is 12.5. The van der Waals surface area contributed by atoms with E-state index in [9.17, 15) is 13.2 Å². The van der Waals surface area contributed by atoms with E-state index in [1.807, 2.05) is 20.8 Å². The largest absolute Gasteiger partial charge is 0.475 e. The molecule has 0 unspecified atom stereocenters. The summed E-state index contributed by atoms with van der Waals surface area (Å²) < 4.78 is 31.1. The second kappa shape index (κ2) is 5.78. The van der Waals surface area contributed by atoms with Gasteiger partial charge in [0.25, 0.3) is 10.0 Å². The van der Waals surface area contributed by atoms with Gasteiger partial charge in [-0.1, -0.05) is 32.1 Å². The molecule has 0 radical (unpaired) electrons.